The van der Waals surface area contributed by atoms with E-state index in [0.29, 0.717) is 57.2 Å². The molecule has 1 aliphatic rings. The Hall–Kier alpha value is -2.24. The molecule has 0 spiro atoms. The van der Waals surface area contributed by atoms with Gasteiger partial charge in [0.25, 0.3) is 0 Å². The Bertz CT molecular complexity index is 704. The van der Waals surface area contributed by atoms with E-state index in [1.54, 1.807) is 4.90 Å². The molecule has 1 aromatic rings. The van der Waals surface area contributed by atoms with Crippen LogP contribution in [0.15, 0.2) is 18.2 Å². The predicted molar refractivity (Wildman–Crippen MR) is 114 cm³/mol. The summed E-state index contributed by atoms with van der Waals surface area (Å²) in [5.41, 5.74) is 0.279. The lowest BCUT2D eigenvalue weighted by Gasteiger charge is -2.34. The van der Waals surface area contributed by atoms with Crippen LogP contribution in [0.25, 0.3) is 0 Å². The first-order chi connectivity index (χ1) is 13.8. The maximum Gasteiger partial charge on any atom is 0.245 e. The summed E-state index contributed by atoms with van der Waals surface area (Å²) in [6.07, 6.45) is 2.57. The van der Waals surface area contributed by atoms with Crippen LogP contribution in [-0.2, 0) is 16.0 Å². The number of carbonyl (C=O) groups excluding carboxylic acids is 2. The first-order valence-electron chi connectivity index (χ1n) is 10.8. The number of nitrogens with zero attached hydrogens (tertiary/aromatic N) is 1. The minimum Gasteiger partial charge on any atom is -0.490 e. The van der Waals surface area contributed by atoms with Crippen molar-refractivity contribution in [1.29, 1.82) is 0 Å². The van der Waals surface area contributed by atoms with Crippen molar-refractivity contribution in [3.63, 3.8) is 0 Å². The van der Waals surface area contributed by atoms with Gasteiger partial charge in [0.15, 0.2) is 11.5 Å². The fourth-order valence-electron chi connectivity index (χ4n) is 3.66. The first kappa shape index (κ1) is 23.0. The highest BCUT2D eigenvalue weighted by molar-refractivity contribution is 5.94. The number of benzene rings is 1. The van der Waals surface area contributed by atoms with E-state index in [0.717, 1.165) is 17.7 Å². The largest absolute Gasteiger partial charge is 0.490 e. The molecule has 1 fully saturated rings. The fraction of sp³-hybridized carbons (Fsp3) is 0.652. The van der Waals surface area contributed by atoms with Gasteiger partial charge in [-0.3, -0.25) is 9.59 Å². The normalized spacial score (nSPS) is 19.0. The van der Waals surface area contributed by atoms with E-state index in [9.17, 15) is 9.59 Å². The van der Waals surface area contributed by atoms with E-state index < -0.39 is 5.54 Å². The second kappa shape index (κ2) is 10.5. The van der Waals surface area contributed by atoms with E-state index in [1.165, 1.54) is 0 Å². The third kappa shape index (κ3) is 5.87. The SMILES string of the molecule is CCOc1ccc(CCN2C(=O)CC[C@]2(C)C(=O)NCCC(C)C)cc1OCC. The van der Waals surface area contributed by atoms with Crippen molar-refractivity contribution in [2.45, 2.75) is 65.8 Å². The summed E-state index contributed by atoms with van der Waals surface area (Å²) in [6.45, 7) is 12.3. The minimum absolute atomic E-state index is 0.0440. The van der Waals surface area contributed by atoms with Gasteiger partial charge in [0.2, 0.25) is 11.8 Å². The van der Waals surface area contributed by atoms with Crippen molar-refractivity contribution < 1.29 is 19.1 Å². The number of carbonyl (C=O) groups is 2. The number of ether oxygens (including phenoxy) is 2. The number of nitrogens with one attached hydrogen (secondary N) is 1. The maximum absolute atomic E-state index is 12.8. The molecule has 2 amide bonds. The Balaban J connectivity index is 2.06. The van der Waals surface area contributed by atoms with Crippen LogP contribution in [-0.4, -0.2) is 48.6 Å². The summed E-state index contributed by atoms with van der Waals surface area (Å²) >= 11 is 0. The summed E-state index contributed by atoms with van der Waals surface area (Å²) in [6, 6.07) is 5.87. The Morgan fingerprint density at radius 3 is 2.55 bits per heavy atom. The van der Waals surface area contributed by atoms with Crippen molar-refractivity contribution in [3.8, 4) is 11.5 Å². The van der Waals surface area contributed by atoms with E-state index in [4.69, 9.17) is 9.47 Å². The lowest BCUT2D eigenvalue weighted by Crippen LogP contribution is -2.55. The number of likely N-dealkylation sites (tertiary alicyclic amines) is 1. The monoisotopic (exact) mass is 404 g/mol. The molecular weight excluding hydrogens is 368 g/mol. The van der Waals surface area contributed by atoms with Crippen LogP contribution in [0.3, 0.4) is 0 Å². The Labute approximate surface area is 174 Å². The van der Waals surface area contributed by atoms with E-state index in [1.807, 2.05) is 39.0 Å². The smallest absolute Gasteiger partial charge is 0.245 e. The molecule has 1 saturated heterocycles. The second-order valence-corrected chi connectivity index (χ2v) is 8.15. The average molecular weight is 405 g/mol. The van der Waals surface area contributed by atoms with Crippen molar-refractivity contribution in [1.82, 2.24) is 10.2 Å². The van der Waals surface area contributed by atoms with Crippen molar-refractivity contribution >= 4 is 11.8 Å². The van der Waals surface area contributed by atoms with E-state index >= 15 is 0 Å². The molecule has 0 radical (unpaired) electrons. The van der Waals surface area contributed by atoms with Gasteiger partial charge >= 0.3 is 0 Å². The van der Waals surface area contributed by atoms with Crippen LogP contribution in [0.1, 0.15) is 59.4 Å². The molecule has 6 heteroatoms. The molecule has 0 aliphatic carbocycles. The lowest BCUT2D eigenvalue weighted by molar-refractivity contribution is -0.140. The number of hydrogen-bond donors (Lipinski definition) is 1. The summed E-state index contributed by atoms with van der Waals surface area (Å²) in [4.78, 5) is 27.1. The number of amides is 2. The maximum atomic E-state index is 12.8. The molecule has 1 aromatic carbocycles. The molecule has 1 atom stereocenters. The Kier molecular flexibility index (Phi) is 8.35. The number of hydrogen-bond acceptors (Lipinski definition) is 4. The second-order valence-electron chi connectivity index (χ2n) is 8.15. The zero-order valence-electron chi connectivity index (χ0n) is 18.5. The average Bonchev–Trinajstić information content (AvgIpc) is 2.97. The molecule has 1 N–H and O–H groups in total. The third-order valence-corrected chi connectivity index (χ3v) is 5.45. The molecular formula is C23H36N2O4. The van der Waals surface area contributed by atoms with E-state index in [2.05, 4.69) is 19.2 Å². The van der Waals surface area contributed by atoms with Crippen LogP contribution in [0.2, 0.25) is 0 Å². The van der Waals surface area contributed by atoms with E-state index in [-0.39, 0.29) is 11.8 Å². The summed E-state index contributed by atoms with van der Waals surface area (Å²) in [5, 5.41) is 3.02. The highest BCUT2D eigenvalue weighted by Crippen LogP contribution is 2.32. The zero-order chi connectivity index (χ0) is 21.4. The summed E-state index contributed by atoms with van der Waals surface area (Å²) < 4.78 is 11.3. The van der Waals surface area contributed by atoms with Crippen LogP contribution in [0.5, 0.6) is 11.5 Å². The molecule has 2 rings (SSSR count). The van der Waals surface area contributed by atoms with Crippen molar-refractivity contribution in [2.24, 2.45) is 5.92 Å². The molecule has 162 valence electrons. The van der Waals surface area contributed by atoms with Crippen LogP contribution in [0.4, 0.5) is 0 Å². The van der Waals surface area contributed by atoms with Gasteiger partial charge in [-0.2, -0.15) is 0 Å². The molecule has 1 heterocycles. The molecule has 29 heavy (non-hydrogen) atoms. The number of rotatable bonds is 11. The van der Waals surface area contributed by atoms with Gasteiger partial charge in [-0.15, -0.1) is 0 Å². The topological polar surface area (TPSA) is 67.9 Å². The standard InChI is InChI=1S/C23H36N2O4/c1-6-28-19-9-8-18(16-20(19)29-7-2)12-15-25-21(26)10-13-23(25,5)22(27)24-14-11-17(3)4/h8-9,16-17H,6-7,10-15H2,1-5H3,(H,24,27)/t23-/m1/s1. The quantitative estimate of drug-likeness (QED) is 0.612. The van der Waals surface area contributed by atoms with Crippen molar-refractivity contribution in [2.75, 3.05) is 26.3 Å². The lowest BCUT2D eigenvalue weighted by atomic mass is 9.96. The third-order valence-electron chi connectivity index (χ3n) is 5.45. The van der Waals surface area contributed by atoms with Gasteiger partial charge in [-0.1, -0.05) is 19.9 Å². The first-order valence-corrected chi connectivity index (χ1v) is 10.8. The van der Waals surface area contributed by atoms with Crippen molar-refractivity contribution in [3.05, 3.63) is 23.8 Å². The van der Waals surface area contributed by atoms with Gasteiger partial charge in [-0.25, -0.2) is 0 Å². The van der Waals surface area contributed by atoms with Gasteiger partial charge in [0, 0.05) is 19.5 Å². The zero-order valence-corrected chi connectivity index (χ0v) is 18.5. The molecule has 1 aliphatic heterocycles. The minimum atomic E-state index is -0.776. The predicted octanol–water partition coefficient (Wildman–Crippen LogP) is 3.57. The van der Waals surface area contributed by atoms with Crippen LogP contribution in [0, 0.1) is 5.92 Å². The highest BCUT2D eigenvalue weighted by atomic mass is 16.5. The fourth-order valence-corrected chi connectivity index (χ4v) is 3.66. The molecule has 6 nitrogen and oxygen atoms in total. The molecule has 0 bridgehead atoms. The summed E-state index contributed by atoms with van der Waals surface area (Å²) in [7, 11) is 0. The Morgan fingerprint density at radius 2 is 1.90 bits per heavy atom. The molecule has 0 aromatic heterocycles. The van der Waals surface area contributed by atoms with Gasteiger partial charge in [0.1, 0.15) is 5.54 Å². The highest BCUT2D eigenvalue weighted by Gasteiger charge is 2.46. The molecule has 0 unspecified atom stereocenters. The van der Waals surface area contributed by atoms with Gasteiger partial charge < -0.3 is 19.7 Å². The van der Waals surface area contributed by atoms with Crippen LogP contribution >= 0.6 is 0 Å². The Morgan fingerprint density at radius 1 is 1.21 bits per heavy atom. The molecule has 0 saturated carbocycles. The van der Waals surface area contributed by atoms with Crippen LogP contribution < -0.4 is 14.8 Å². The van der Waals surface area contributed by atoms with Gasteiger partial charge in [0.05, 0.1) is 13.2 Å². The summed E-state index contributed by atoms with van der Waals surface area (Å²) in [5.74, 6) is 1.97. The van der Waals surface area contributed by atoms with Gasteiger partial charge in [-0.05, 0) is 63.6 Å².